The van der Waals surface area contributed by atoms with E-state index in [1.807, 2.05) is 41.1 Å². The quantitative estimate of drug-likeness (QED) is 0.259. The Morgan fingerprint density at radius 1 is 1.02 bits per heavy atom. The first-order chi connectivity index (χ1) is 19.8. The summed E-state index contributed by atoms with van der Waals surface area (Å²) in [6.07, 6.45) is -1.29. The normalized spacial score (nSPS) is 15.6. The molecule has 1 aliphatic rings. The minimum atomic E-state index is -4.59. The molecule has 0 radical (unpaired) electrons. The molecule has 2 aromatic heterocycles. The minimum absolute atomic E-state index is 0.0587. The predicted molar refractivity (Wildman–Crippen MR) is 150 cm³/mol. The van der Waals surface area contributed by atoms with E-state index < -0.39 is 23.7 Å². The van der Waals surface area contributed by atoms with Gasteiger partial charge in [0.2, 0.25) is 0 Å². The van der Waals surface area contributed by atoms with E-state index in [1.54, 1.807) is 24.3 Å². The van der Waals surface area contributed by atoms with Crippen molar-refractivity contribution in [3.8, 4) is 16.9 Å². The number of hydrogen-bond donors (Lipinski definition) is 3. The topological polar surface area (TPSA) is 107 Å². The number of carbonyl (C=O) groups is 1. The second-order valence-corrected chi connectivity index (χ2v) is 9.68. The molecule has 0 spiro atoms. The lowest BCUT2D eigenvalue weighted by atomic mass is 9.96. The SMILES string of the molecule is Nc1cc(-n2ccc3ccc(-c4cccc(NC(=O)c5cc(C(F)(F)F)ccc5C5COCCN5)c4)cc32)ncn1. The van der Waals surface area contributed by atoms with Crippen LogP contribution in [0.3, 0.4) is 0 Å². The number of rotatable bonds is 5. The molecule has 11 heteroatoms. The van der Waals surface area contributed by atoms with Crippen molar-refractivity contribution in [3.63, 3.8) is 0 Å². The largest absolute Gasteiger partial charge is 0.416 e. The number of anilines is 2. The van der Waals surface area contributed by atoms with Crippen molar-refractivity contribution >= 4 is 28.3 Å². The third-order valence-electron chi connectivity index (χ3n) is 6.99. The minimum Gasteiger partial charge on any atom is -0.384 e. The van der Waals surface area contributed by atoms with E-state index in [2.05, 4.69) is 20.6 Å². The second kappa shape index (κ2) is 10.7. The highest BCUT2D eigenvalue weighted by Crippen LogP contribution is 2.33. The van der Waals surface area contributed by atoms with Crippen molar-refractivity contribution < 1.29 is 22.7 Å². The maximum atomic E-state index is 13.5. The van der Waals surface area contributed by atoms with Crippen LogP contribution in [0.25, 0.3) is 27.8 Å². The number of benzene rings is 3. The van der Waals surface area contributed by atoms with Crippen molar-refractivity contribution in [2.24, 2.45) is 0 Å². The van der Waals surface area contributed by atoms with Gasteiger partial charge in [-0.1, -0.05) is 30.3 Å². The number of aromatic nitrogens is 3. The molecule has 8 nitrogen and oxygen atoms in total. The summed E-state index contributed by atoms with van der Waals surface area (Å²) in [6.45, 7) is 1.29. The Labute approximate surface area is 233 Å². The molecule has 5 aromatic rings. The van der Waals surface area contributed by atoms with Crippen LogP contribution in [-0.4, -0.2) is 40.2 Å². The highest BCUT2D eigenvalue weighted by Gasteiger charge is 2.33. The van der Waals surface area contributed by atoms with Gasteiger partial charge in [-0.3, -0.25) is 4.79 Å². The molecule has 1 unspecified atom stereocenters. The lowest BCUT2D eigenvalue weighted by Gasteiger charge is -2.26. The zero-order valence-electron chi connectivity index (χ0n) is 21.7. The van der Waals surface area contributed by atoms with Gasteiger partial charge in [-0.25, -0.2) is 9.97 Å². The van der Waals surface area contributed by atoms with Crippen molar-refractivity contribution in [3.05, 3.63) is 102 Å². The van der Waals surface area contributed by atoms with Crippen LogP contribution in [0.1, 0.15) is 27.5 Å². The summed E-state index contributed by atoms with van der Waals surface area (Å²) < 4.78 is 48.0. The molecule has 1 fully saturated rings. The Kier molecular flexibility index (Phi) is 6.90. The van der Waals surface area contributed by atoms with Crippen molar-refractivity contribution in [1.82, 2.24) is 19.9 Å². The van der Waals surface area contributed by atoms with E-state index in [9.17, 15) is 18.0 Å². The molecule has 4 N–H and O–H groups in total. The number of amides is 1. The number of carbonyl (C=O) groups excluding carboxylic acids is 1. The zero-order valence-corrected chi connectivity index (χ0v) is 21.7. The molecule has 3 heterocycles. The maximum absolute atomic E-state index is 13.5. The van der Waals surface area contributed by atoms with Gasteiger partial charge in [0.25, 0.3) is 5.91 Å². The molecule has 1 aliphatic heterocycles. The molecule has 0 saturated carbocycles. The lowest BCUT2D eigenvalue weighted by Crippen LogP contribution is -2.36. The number of halogens is 3. The van der Waals surface area contributed by atoms with E-state index in [0.717, 1.165) is 34.2 Å². The summed E-state index contributed by atoms with van der Waals surface area (Å²) in [6, 6.07) is 19.6. The molecule has 6 rings (SSSR count). The summed E-state index contributed by atoms with van der Waals surface area (Å²) in [5.41, 5.74) is 8.37. The Morgan fingerprint density at radius 2 is 1.88 bits per heavy atom. The highest BCUT2D eigenvalue weighted by molar-refractivity contribution is 6.06. The molecule has 1 saturated heterocycles. The Balaban J connectivity index is 1.32. The molecule has 0 bridgehead atoms. The predicted octanol–water partition coefficient (Wildman–Crippen LogP) is 5.60. The summed E-state index contributed by atoms with van der Waals surface area (Å²) in [5, 5.41) is 7.00. The second-order valence-electron chi connectivity index (χ2n) is 9.68. The van der Waals surface area contributed by atoms with Gasteiger partial charge in [0.15, 0.2) is 0 Å². The zero-order chi connectivity index (χ0) is 28.6. The third-order valence-corrected chi connectivity index (χ3v) is 6.99. The number of ether oxygens (including phenoxy) is 1. The Hall–Kier alpha value is -4.74. The van der Waals surface area contributed by atoms with Gasteiger partial charge in [-0.05, 0) is 53.1 Å². The highest BCUT2D eigenvalue weighted by atomic mass is 19.4. The Morgan fingerprint density at radius 3 is 2.66 bits per heavy atom. The standard InChI is InChI=1S/C30H25F3N6O2/c31-30(32,33)21-6-7-23(25-16-41-11-9-35-25)24(14-21)29(40)38-22-3-1-2-19(12-22)20-5-4-18-8-10-39(26(18)13-20)28-15-27(34)36-17-37-28/h1-8,10,12-15,17,25,35H,9,11,16H2,(H,38,40)(H2,34,36,37). The van der Waals surface area contributed by atoms with E-state index in [1.165, 1.54) is 12.4 Å². The number of nitrogens with two attached hydrogens (primary N) is 1. The number of morpholine rings is 1. The molecule has 41 heavy (non-hydrogen) atoms. The van der Waals surface area contributed by atoms with E-state index >= 15 is 0 Å². The van der Waals surface area contributed by atoms with Crippen molar-refractivity contribution in [2.75, 3.05) is 30.8 Å². The van der Waals surface area contributed by atoms with Crippen molar-refractivity contribution in [2.45, 2.75) is 12.2 Å². The fourth-order valence-electron chi connectivity index (χ4n) is 4.97. The van der Waals surface area contributed by atoms with Gasteiger partial charge in [-0.2, -0.15) is 13.2 Å². The van der Waals surface area contributed by atoms with Crippen LogP contribution in [0.5, 0.6) is 0 Å². The monoisotopic (exact) mass is 558 g/mol. The molecule has 1 amide bonds. The van der Waals surface area contributed by atoms with Gasteiger partial charge in [-0.15, -0.1) is 0 Å². The first-order valence-electron chi connectivity index (χ1n) is 12.9. The van der Waals surface area contributed by atoms with E-state index in [-0.39, 0.29) is 12.2 Å². The van der Waals surface area contributed by atoms with Crippen LogP contribution in [0.2, 0.25) is 0 Å². The fraction of sp³-hybridized carbons (Fsp3) is 0.167. The molecular weight excluding hydrogens is 533 g/mol. The van der Waals surface area contributed by atoms with Gasteiger partial charge < -0.3 is 25.7 Å². The number of alkyl halides is 3. The van der Waals surface area contributed by atoms with Gasteiger partial charge in [0.05, 0.1) is 30.3 Å². The van der Waals surface area contributed by atoms with Gasteiger partial charge >= 0.3 is 6.18 Å². The number of fused-ring (bicyclic) bond motifs is 1. The summed E-state index contributed by atoms with van der Waals surface area (Å²) >= 11 is 0. The molecule has 3 aromatic carbocycles. The number of nitrogen functional groups attached to an aromatic ring is 1. The summed E-state index contributed by atoms with van der Waals surface area (Å²) in [5.74, 6) is 0.342. The van der Waals surface area contributed by atoms with Crippen molar-refractivity contribution in [1.29, 1.82) is 0 Å². The average molecular weight is 559 g/mol. The number of hydrogen-bond acceptors (Lipinski definition) is 6. The molecule has 1 atom stereocenters. The third kappa shape index (κ3) is 5.49. The lowest BCUT2D eigenvalue weighted by molar-refractivity contribution is -0.137. The van der Waals surface area contributed by atoms with Gasteiger partial charge in [0.1, 0.15) is 18.0 Å². The fourth-order valence-corrected chi connectivity index (χ4v) is 4.97. The van der Waals surface area contributed by atoms with Gasteiger partial charge in [0, 0.05) is 35.4 Å². The van der Waals surface area contributed by atoms with Crippen LogP contribution in [0, 0.1) is 0 Å². The molecular formula is C30H25F3N6O2. The first kappa shape index (κ1) is 26.5. The van der Waals surface area contributed by atoms with Crippen LogP contribution < -0.4 is 16.4 Å². The van der Waals surface area contributed by atoms with Crippen LogP contribution >= 0.6 is 0 Å². The van der Waals surface area contributed by atoms with Crippen LogP contribution in [0.15, 0.2) is 85.3 Å². The summed E-state index contributed by atoms with van der Waals surface area (Å²) in [7, 11) is 0. The first-order valence-corrected chi connectivity index (χ1v) is 12.9. The van der Waals surface area contributed by atoms with Crippen LogP contribution in [-0.2, 0) is 10.9 Å². The molecule has 0 aliphatic carbocycles. The number of nitrogens with one attached hydrogen (secondary N) is 2. The average Bonchev–Trinajstić information content (AvgIpc) is 3.40. The maximum Gasteiger partial charge on any atom is 0.416 e. The smallest absolute Gasteiger partial charge is 0.384 e. The molecule has 208 valence electrons. The van der Waals surface area contributed by atoms with E-state index in [4.69, 9.17) is 10.5 Å². The van der Waals surface area contributed by atoms with E-state index in [0.29, 0.717) is 36.0 Å². The van der Waals surface area contributed by atoms with Crippen LogP contribution in [0.4, 0.5) is 24.7 Å². The number of nitrogens with zero attached hydrogens (tertiary/aromatic N) is 3. The summed E-state index contributed by atoms with van der Waals surface area (Å²) in [4.78, 5) is 21.7. The Bertz CT molecular complexity index is 1740.